The summed E-state index contributed by atoms with van der Waals surface area (Å²) in [5, 5.41) is 0. The maximum absolute atomic E-state index is 12.7. The molecule has 0 saturated carbocycles. The minimum atomic E-state index is -4.52. The molecule has 1 amide bonds. The summed E-state index contributed by atoms with van der Waals surface area (Å²) in [4.78, 5) is 31.4. The summed E-state index contributed by atoms with van der Waals surface area (Å²) in [6.45, 7) is 5.95. The van der Waals surface area contributed by atoms with Crippen molar-refractivity contribution < 1.29 is 18.0 Å². The van der Waals surface area contributed by atoms with E-state index in [-0.39, 0.29) is 11.5 Å². The fourth-order valence-corrected chi connectivity index (χ4v) is 3.94. The van der Waals surface area contributed by atoms with Gasteiger partial charge in [-0.25, -0.2) is 4.98 Å². The lowest BCUT2D eigenvalue weighted by atomic mass is 10.1. The van der Waals surface area contributed by atoms with Crippen molar-refractivity contribution in [3.63, 3.8) is 0 Å². The van der Waals surface area contributed by atoms with E-state index in [9.17, 15) is 18.0 Å². The number of pyridine rings is 1. The van der Waals surface area contributed by atoms with Crippen molar-refractivity contribution in [1.82, 2.24) is 19.9 Å². The number of carbonyl (C=O) groups is 1. The van der Waals surface area contributed by atoms with E-state index in [2.05, 4.69) is 19.8 Å². The summed E-state index contributed by atoms with van der Waals surface area (Å²) in [5.74, 6) is 1.28. The predicted molar refractivity (Wildman–Crippen MR) is 110 cm³/mol. The van der Waals surface area contributed by atoms with Gasteiger partial charge in [-0.05, 0) is 38.3 Å². The number of aromatic nitrogens is 3. The molecule has 7 nitrogen and oxygen atoms in total. The second kappa shape index (κ2) is 8.68. The Morgan fingerprint density at radius 2 is 1.65 bits per heavy atom. The van der Waals surface area contributed by atoms with E-state index in [4.69, 9.17) is 4.98 Å². The summed E-state index contributed by atoms with van der Waals surface area (Å²) < 4.78 is 38.0. The van der Waals surface area contributed by atoms with Crippen LogP contribution in [-0.2, 0) is 6.18 Å². The SMILES string of the molecule is Cc1cc(N2CCCCC2)nc(N2CCN(C(=O)c3ccc(C(F)(F)F)nc3)CC2)n1. The number of aryl methyl sites for hydroxylation is 1. The number of nitrogens with zero attached hydrogens (tertiary/aromatic N) is 6. The number of halogens is 3. The largest absolute Gasteiger partial charge is 0.433 e. The maximum Gasteiger partial charge on any atom is 0.433 e. The van der Waals surface area contributed by atoms with Crippen molar-refractivity contribution in [3.05, 3.63) is 41.3 Å². The quantitative estimate of drug-likeness (QED) is 0.740. The molecule has 0 N–H and O–H groups in total. The first-order chi connectivity index (χ1) is 14.8. The second-order valence-corrected chi connectivity index (χ2v) is 7.92. The molecule has 0 spiro atoms. The number of amides is 1. The van der Waals surface area contributed by atoms with Crippen LogP contribution in [-0.4, -0.2) is 65.0 Å². The molecule has 166 valence electrons. The highest BCUT2D eigenvalue weighted by Gasteiger charge is 2.32. The Morgan fingerprint density at radius 3 is 2.26 bits per heavy atom. The number of anilines is 2. The van der Waals surface area contributed by atoms with Gasteiger partial charge in [0.15, 0.2) is 0 Å². The molecule has 0 atom stereocenters. The molecular weight excluding hydrogens is 409 g/mol. The lowest BCUT2D eigenvalue weighted by molar-refractivity contribution is -0.141. The average Bonchev–Trinajstić information content (AvgIpc) is 2.78. The Hall–Kier alpha value is -2.91. The monoisotopic (exact) mass is 434 g/mol. The van der Waals surface area contributed by atoms with Crippen LogP contribution in [0.25, 0.3) is 0 Å². The van der Waals surface area contributed by atoms with E-state index in [1.54, 1.807) is 4.90 Å². The molecule has 2 aromatic heterocycles. The summed E-state index contributed by atoms with van der Waals surface area (Å²) in [6, 6.07) is 4.03. The number of carbonyl (C=O) groups excluding carboxylic acids is 1. The Labute approximate surface area is 178 Å². The Morgan fingerprint density at radius 1 is 0.935 bits per heavy atom. The van der Waals surface area contributed by atoms with Crippen molar-refractivity contribution in [3.8, 4) is 0 Å². The molecule has 2 saturated heterocycles. The van der Waals surface area contributed by atoms with Crippen LogP contribution in [0.1, 0.15) is 41.0 Å². The summed E-state index contributed by atoms with van der Waals surface area (Å²) >= 11 is 0. The van der Waals surface area contributed by atoms with Crippen molar-refractivity contribution in [2.75, 3.05) is 49.1 Å². The van der Waals surface area contributed by atoms with E-state index in [1.165, 1.54) is 12.5 Å². The van der Waals surface area contributed by atoms with Gasteiger partial charge in [0.1, 0.15) is 11.5 Å². The lowest BCUT2D eigenvalue weighted by Crippen LogP contribution is -2.49. The number of alkyl halides is 3. The van der Waals surface area contributed by atoms with Crippen molar-refractivity contribution >= 4 is 17.7 Å². The fourth-order valence-electron chi connectivity index (χ4n) is 3.94. The lowest BCUT2D eigenvalue weighted by Gasteiger charge is -2.35. The zero-order chi connectivity index (χ0) is 22.0. The Bertz CT molecular complexity index is 920. The summed E-state index contributed by atoms with van der Waals surface area (Å²) in [7, 11) is 0. The smallest absolute Gasteiger partial charge is 0.356 e. The van der Waals surface area contributed by atoms with E-state index >= 15 is 0 Å². The molecule has 4 heterocycles. The zero-order valence-electron chi connectivity index (χ0n) is 17.4. The van der Waals surface area contributed by atoms with E-state index in [0.29, 0.717) is 32.1 Å². The van der Waals surface area contributed by atoms with Gasteiger partial charge < -0.3 is 14.7 Å². The van der Waals surface area contributed by atoms with Crippen LogP contribution < -0.4 is 9.80 Å². The third kappa shape index (κ3) is 4.88. The molecule has 0 unspecified atom stereocenters. The highest BCUT2D eigenvalue weighted by Crippen LogP contribution is 2.27. The van der Waals surface area contributed by atoms with Crippen LogP contribution >= 0.6 is 0 Å². The van der Waals surface area contributed by atoms with Crippen LogP contribution in [0.15, 0.2) is 24.4 Å². The second-order valence-electron chi connectivity index (χ2n) is 7.92. The minimum Gasteiger partial charge on any atom is -0.356 e. The molecule has 4 rings (SSSR count). The molecule has 2 fully saturated rings. The summed E-state index contributed by atoms with van der Waals surface area (Å²) in [6.07, 6.45) is 0.0496. The molecule has 0 radical (unpaired) electrons. The van der Waals surface area contributed by atoms with Crippen molar-refractivity contribution in [2.24, 2.45) is 0 Å². The Kier molecular flexibility index (Phi) is 5.97. The van der Waals surface area contributed by atoms with Gasteiger partial charge in [0.05, 0.1) is 5.56 Å². The van der Waals surface area contributed by atoms with Crippen LogP contribution in [0.5, 0.6) is 0 Å². The number of rotatable bonds is 3. The average molecular weight is 434 g/mol. The third-order valence-electron chi connectivity index (χ3n) is 5.66. The van der Waals surface area contributed by atoms with E-state index < -0.39 is 11.9 Å². The molecule has 0 aromatic carbocycles. The van der Waals surface area contributed by atoms with Crippen LogP contribution in [0.4, 0.5) is 24.9 Å². The molecule has 2 aromatic rings. The number of hydrogen-bond acceptors (Lipinski definition) is 6. The predicted octanol–water partition coefficient (Wildman–Crippen LogP) is 3.15. The van der Waals surface area contributed by atoms with Gasteiger partial charge in [-0.2, -0.15) is 18.2 Å². The van der Waals surface area contributed by atoms with Crippen molar-refractivity contribution in [1.29, 1.82) is 0 Å². The standard InChI is InChI=1S/C21H25F3N6O/c1-15-13-18(28-7-3-2-4-8-28)27-20(26-15)30-11-9-29(10-12-30)19(31)16-5-6-17(25-14-16)21(22,23)24/h5-6,13-14H,2-4,7-12H2,1H3. The first-order valence-electron chi connectivity index (χ1n) is 10.5. The maximum atomic E-state index is 12.7. The third-order valence-corrected chi connectivity index (χ3v) is 5.66. The molecule has 2 aliphatic rings. The fraction of sp³-hybridized carbons (Fsp3) is 0.524. The first-order valence-corrected chi connectivity index (χ1v) is 10.5. The van der Waals surface area contributed by atoms with E-state index in [1.807, 2.05) is 13.0 Å². The molecular formula is C21H25F3N6O. The van der Waals surface area contributed by atoms with Gasteiger partial charge in [0.25, 0.3) is 5.91 Å². The number of piperidine rings is 1. The van der Waals surface area contributed by atoms with Crippen LogP contribution in [0.2, 0.25) is 0 Å². The van der Waals surface area contributed by atoms with Gasteiger partial charge in [0, 0.05) is 57.2 Å². The first kappa shape index (κ1) is 21.3. The molecule has 0 aliphatic carbocycles. The summed E-state index contributed by atoms with van der Waals surface area (Å²) in [5.41, 5.74) is 0.0514. The van der Waals surface area contributed by atoms with Gasteiger partial charge in [-0.15, -0.1) is 0 Å². The highest BCUT2D eigenvalue weighted by atomic mass is 19.4. The minimum absolute atomic E-state index is 0.153. The molecule has 0 bridgehead atoms. The molecule has 10 heteroatoms. The highest BCUT2D eigenvalue weighted by molar-refractivity contribution is 5.94. The molecule has 31 heavy (non-hydrogen) atoms. The van der Waals surface area contributed by atoms with Gasteiger partial charge in [-0.3, -0.25) is 9.78 Å². The van der Waals surface area contributed by atoms with Crippen LogP contribution in [0, 0.1) is 6.92 Å². The van der Waals surface area contributed by atoms with Gasteiger partial charge in [-0.1, -0.05) is 0 Å². The topological polar surface area (TPSA) is 65.5 Å². The number of piperazine rings is 1. The number of hydrogen-bond donors (Lipinski definition) is 0. The van der Waals surface area contributed by atoms with Crippen LogP contribution in [0.3, 0.4) is 0 Å². The Balaban J connectivity index is 1.40. The van der Waals surface area contributed by atoms with Crippen molar-refractivity contribution in [2.45, 2.75) is 32.4 Å². The molecule has 2 aliphatic heterocycles. The van der Waals surface area contributed by atoms with Gasteiger partial charge in [0.2, 0.25) is 5.95 Å². The van der Waals surface area contributed by atoms with Gasteiger partial charge >= 0.3 is 6.18 Å². The zero-order valence-corrected chi connectivity index (χ0v) is 17.4. The normalized spacial score (nSPS) is 17.7. The van der Waals surface area contributed by atoms with E-state index in [0.717, 1.165) is 49.7 Å².